The van der Waals surface area contributed by atoms with Crippen molar-refractivity contribution in [1.29, 1.82) is 0 Å². The Morgan fingerprint density at radius 2 is 0.600 bits per heavy atom. The lowest BCUT2D eigenvalue weighted by molar-refractivity contribution is -0.167. The molecule has 364 valence electrons. The van der Waals surface area contributed by atoms with Crippen LogP contribution in [0.15, 0.2) is 134 Å². The van der Waals surface area contributed by atoms with Crippen LogP contribution in [-0.2, 0) is 28.6 Å². The summed E-state index contributed by atoms with van der Waals surface area (Å²) in [6.45, 7) is 6.24. The second kappa shape index (κ2) is 52.2. The highest BCUT2D eigenvalue weighted by Crippen LogP contribution is 2.11. The molecule has 0 aromatic heterocycles. The van der Waals surface area contributed by atoms with Crippen LogP contribution in [0.4, 0.5) is 0 Å². The highest BCUT2D eigenvalue weighted by molar-refractivity contribution is 5.71. The summed E-state index contributed by atoms with van der Waals surface area (Å²) in [5.41, 5.74) is 0. The fourth-order valence-electron chi connectivity index (χ4n) is 6.35. The Kier molecular flexibility index (Phi) is 48.6. The quantitative estimate of drug-likeness (QED) is 0.0262. The predicted molar refractivity (Wildman–Crippen MR) is 279 cm³/mol. The molecule has 0 aliphatic heterocycles. The summed E-state index contributed by atoms with van der Waals surface area (Å²) in [5.74, 6) is -0.986. The van der Waals surface area contributed by atoms with E-state index in [9.17, 15) is 14.4 Å². The van der Waals surface area contributed by atoms with E-state index in [1.807, 2.05) is 0 Å². The van der Waals surface area contributed by atoms with Crippen LogP contribution in [-0.4, -0.2) is 37.2 Å². The Bertz CT molecular complexity index is 1450. The minimum absolute atomic E-state index is 0.103. The second-order valence-corrected chi connectivity index (χ2v) is 16.3. The van der Waals surface area contributed by atoms with Crippen LogP contribution in [0.1, 0.15) is 201 Å². The van der Waals surface area contributed by atoms with Gasteiger partial charge in [-0.1, -0.05) is 199 Å². The molecule has 65 heavy (non-hydrogen) atoms. The Balaban J connectivity index is 4.22. The molecule has 0 aromatic carbocycles. The van der Waals surface area contributed by atoms with E-state index in [0.717, 1.165) is 161 Å². The first-order valence-electron chi connectivity index (χ1n) is 25.7. The maximum Gasteiger partial charge on any atom is 0.306 e. The predicted octanol–water partition coefficient (Wildman–Crippen LogP) is 17.1. The van der Waals surface area contributed by atoms with Gasteiger partial charge in [-0.15, -0.1) is 0 Å². The van der Waals surface area contributed by atoms with Gasteiger partial charge in [-0.05, 0) is 116 Å². The van der Waals surface area contributed by atoms with E-state index in [1.54, 1.807) is 0 Å². The molecule has 0 aromatic rings. The molecule has 0 N–H and O–H groups in total. The standard InChI is InChI=1S/C59H92O6/c1-4-7-10-13-15-17-19-21-22-23-24-25-26-27-28-29-30-31-32-33-34-35-36-38-39-41-43-46-49-52-58(61)64-55-56(54-63-57(60)51-48-45-12-9-6-3)65-59(62)53-50-47-44-42-40-37-20-18-16-14-11-8-5-2/h7-8,10-11,15-18,21-22,24-25,27-28,30-31,33-34,36-38,40,56H,4-6,9,12-14,19-20,23,26,29,32,35,39,41-55H2,1-3H3/b10-7-,11-8-,17-15-,18-16-,22-21-,25-24-,28-27-,31-30-,34-33-,38-36-,40-37-. The number of allylic oxidation sites excluding steroid dienone is 22. The molecule has 0 spiro atoms. The van der Waals surface area contributed by atoms with Gasteiger partial charge in [0.05, 0.1) is 0 Å². The molecule has 1 atom stereocenters. The first-order valence-corrected chi connectivity index (χ1v) is 25.7. The van der Waals surface area contributed by atoms with Gasteiger partial charge >= 0.3 is 17.9 Å². The lowest BCUT2D eigenvalue weighted by Crippen LogP contribution is -2.30. The molecule has 0 rings (SSSR count). The average molecular weight is 897 g/mol. The normalized spacial score (nSPS) is 13.2. The van der Waals surface area contributed by atoms with E-state index in [4.69, 9.17) is 14.2 Å². The Morgan fingerprint density at radius 3 is 0.938 bits per heavy atom. The lowest BCUT2D eigenvalue weighted by Gasteiger charge is -2.18. The van der Waals surface area contributed by atoms with Crippen molar-refractivity contribution < 1.29 is 28.6 Å². The Hall–Kier alpha value is -4.45. The molecule has 0 amide bonds. The van der Waals surface area contributed by atoms with E-state index in [2.05, 4.69) is 154 Å². The van der Waals surface area contributed by atoms with Crippen molar-refractivity contribution in [3.8, 4) is 0 Å². The fraction of sp³-hybridized carbons (Fsp3) is 0.576. The largest absolute Gasteiger partial charge is 0.462 e. The molecule has 0 aliphatic carbocycles. The van der Waals surface area contributed by atoms with Crippen LogP contribution < -0.4 is 0 Å². The number of rotatable bonds is 44. The van der Waals surface area contributed by atoms with Crippen LogP contribution in [0.3, 0.4) is 0 Å². The molecular formula is C59H92O6. The van der Waals surface area contributed by atoms with Crippen molar-refractivity contribution >= 4 is 17.9 Å². The van der Waals surface area contributed by atoms with E-state index in [1.165, 1.54) is 0 Å². The number of esters is 3. The van der Waals surface area contributed by atoms with Crippen LogP contribution in [0.2, 0.25) is 0 Å². The second-order valence-electron chi connectivity index (χ2n) is 16.3. The molecule has 0 heterocycles. The maximum absolute atomic E-state index is 12.7. The van der Waals surface area contributed by atoms with Gasteiger partial charge in [0.2, 0.25) is 0 Å². The van der Waals surface area contributed by atoms with Gasteiger partial charge in [0.25, 0.3) is 0 Å². The van der Waals surface area contributed by atoms with Crippen LogP contribution in [0.25, 0.3) is 0 Å². The summed E-state index contributed by atoms with van der Waals surface area (Å²) < 4.78 is 16.6. The summed E-state index contributed by atoms with van der Waals surface area (Å²) in [4.78, 5) is 37.6. The number of hydrogen-bond acceptors (Lipinski definition) is 6. The van der Waals surface area contributed by atoms with Crippen LogP contribution >= 0.6 is 0 Å². The number of ether oxygens (including phenoxy) is 3. The summed E-state index contributed by atoms with van der Waals surface area (Å²) in [6, 6.07) is 0. The van der Waals surface area contributed by atoms with Gasteiger partial charge < -0.3 is 14.2 Å². The summed E-state index contributed by atoms with van der Waals surface area (Å²) in [6.07, 6.45) is 73.4. The number of carbonyl (C=O) groups excluding carboxylic acids is 3. The number of carbonyl (C=O) groups is 3. The van der Waals surface area contributed by atoms with Crippen molar-refractivity contribution in [3.63, 3.8) is 0 Å². The molecule has 0 saturated heterocycles. The third-order valence-electron chi connectivity index (χ3n) is 10.2. The minimum atomic E-state index is -0.803. The number of hydrogen-bond donors (Lipinski definition) is 0. The maximum atomic E-state index is 12.7. The van der Waals surface area contributed by atoms with E-state index in [0.29, 0.717) is 12.8 Å². The van der Waals surface area contributed by atoms with Crippen molar-refractivity contribution in [1.82, 2.24) is 0 Å². The van der Waals surface area contributed by atoms with Gasteiger partial charge in [0.15, 0.2) is 6.10 Å². The Morgan fingerprint density at radius 1 is 0.323 bits per heavy atom. The highest BCUT2D eigenvalue weighted by atomic mass is 16.6. The number of unbranched alkanes of at least 4 members (excludes halogenated alkanes) is 11. The molecule has 0 aliphatic rings. The van der Waals surface area contributed by atoms with E-state index >= 15 is 0 Å². The zero-order chi connectivity index (χ0) is 47.2. The van der Waals surface area contributed by atoms with Crippen molar-refractivity contribution in [2.24, 2.45) is 0 Å². The molecule has 0 radical (unpaired) electrons. The fourth-order valence-corrected chi connectivity index (χ4v) is 6.35. The zero-order valence-electron chi connectivity index (χ0n) is 41.4. The first kappa shape index (κ1) is 60.5. The van der Waals surface area contributed by atoms with E-state index < -0.39 is 6.10 Å². The summed E-state index contributed by atoms with van der Waals surface area (Å²) in [5, 5.41) is 0. The average Bonchev–Trinajstić information content (AvgIpc) is 3.30. The van der Waals surface area contributed by atoms with Gasteiger partial charge in [-0.2, -0.15) is 0 Å². The van der Waals surface area contributed by atoms with Gasteiger partial charge in [-0.3, -0.25) is 14.4 Å². The van der Waals surface area contributed by atoms with Crippen LogP contribution in [0, 0.1) is 0 Å². The third-order valence-corrected chi connectivity index (χ3v) is 10.2. The Labute approximate surface area is 398 Å². The molecule has 0 saturated carbocycles. The highest BCUT2D eigenvalue weighted by Gasteiger charge is 2.19. The molecule has 0 bridgehead atoms. The van der Waals surface area contributed by atoms with Gasteiger partial charge in [0.1, 0.15) is 13.2 Å². The van der Waals surface area contributed by atoms with Crippen molar-refractivity contribution in [3.05, 3.63) is 134 Å². The molecule has 6 nitrogen and oxygen atoms in total. The molecule has 6 heteroatoms. The van der Waals surface area contributed by atoms with Gasteiger partial charge in [-0.25, -0.2) is 0 Å². The topological polar surface area (TPSA) is 78.9 Å². The summed E-state index contributed by atoms with van der Waals surface area (Å²) in [7, 11) is 0. The van der Waals surface area contributed by atoms with E-state index in [-0.39, 0.29) is 37.5 Å². The lowest BCUT2D eigenvalue weighted by atomic mass is 10.1. The van der Waals surface area contributed by atoms with Gasteiger partial charge in [0, 0.05) is 19.3 Å². The molecular weight excluding hydrogens is 805 g/mol. The smallest absolute Gasteiger partial charge is 0.306 e. The summed E-state index contributed by atoms with van der Waals surface area (Å²) >= 11 is 0. The molecule has 0 fully saturated rings. The third kappa shape index (κ3) is 50.4. The minimum Gasteiger partial charge on any atom is -0.462 e. The zero-order valence-corrected chi connectivity index (χ0v) is 41.4. The SMILES string of the molecule is CC/C=C\C/C=C\C/C=C\C/C=C\C/C=C\C/C=C\C/C=C\C/C=C\CCCCCCC(=O)OCC(COC(=O)CCCCCCC)OC(=O)CCCCC/C=C\C/C=C\C/C=C\CC. The van der Waals surface area contributed by atoms with Crippen molar-refractivity contribution in [2.75, 3.05) is 13.2 Å². The van der Waals surface area contributed by atoms with Crippen LogP contribution in [0.5, 0.6) is 0 Å². The van der Waals surface area contributed by atoms with Crippen molar-refractivity contribution in [2.45, 2.75) is 207 Å². The monoisotopic (exact) mass is 897 g/mol. The molecule has 1 unspecified atom stereocenters. The first-order chi connectivity index (χ1) is 32.0.